The lowest BCUT2D eigenvalue weighted by molar-refractivity contribution is -0.274. The molecule has 0 aromatic carbocycles. The fourth-order valence-corrected chi connectivity index (χ4v) is 0.144. The lowest BCUT2D eigenvalue weighted by Crippen LogP contribution is -1.81. The maximum Gasteiger partial charge on any atom is 0.0450 e. The van der Waals surface area contributed by atoms with Crippen LogP contribution < -0.4 is 5.11 Å². The predicted octanol–water partition coefficient (Wildman–Crippen LogP) is 0.181. The fraction of sp³-hybridized carbons (Fsp3) is 0.333. The molecular formula is C3H5OS-. The van der Waals surface area contributed by atoms with E-state index in [0.29, 0.717) is 0 Å². The van der Waals surface area contributed by atoms with Crippen molar-refractivity contribution in [2.45, 2.75) is 0 Å². The zero-order valence-corrected chi connectivity index (χ0v) is 3.71. The third kappa shape index (κ3) is 3.89. The highest BCUT2D eigenvalue weighted by Gasteiger charge is 1.46. The summed E-state index contributed by atoms with van der Waals surface area (Å²) in [4.78, 5) is 0. The Bertz CT molecular complexity index is 57.8. The zero-order chi connectivity index (χ0) is 4.99. The Morgan fingerprint density at radius 1 is 2.20 bits per heavy atom. The zero-order valence-electron chi connectivity index (χ0n) is 3.89. The molecule has 2 heteroatoms. The maximum absolute atomic E-state index is 9.63. The SMILES string of the molecule is [2H]/C([O-])=C\SC. The van der Waals surface area contributed by atoms with E-state index < -0.39 is 6.24 Å². The molecule has 0 radical (unpaired) electrons. The normalized spacial score (nSPS) is 14.6. The van der Waals surface area contributed by atoms with Crippen LogP contribution in [0.25, 0.3) is 0 Å². The van der Waals surface area contributed by atoms with Gasteiger partial charge in [-0.2, -0.15) is 0 Å². The minimum absolute atomic E-state index is 0.623. The second-order valence-corrected chi connectivity index (χ2v) is 1.18. The van der Waals surface area contributed by atoms with Crippen LogP contribution in [-0.4, -0.2) is 6.26 Å². The van der Waals surface area contributed by atoms with Crippen LogP contribution in [-0.2, 0) is 0 Å². The van der Waals surface area contributed by atoms with Crippen LogP contribution in [0, 0.1) is 0 Å². The largest absolute Gasteiger partial charge is 0.878 e. The molecule has 0 saturated heterocycles. The van der Waals surface area contributed by atoms with Gasteiger partial charge in [-0.3, -0.25) is 0 Å². The minimum atomic E-state index is -0.623. The molecule has 0 aliphatic heterocycles. The summed E-state index contributed by atoms with van der Waals surface area (Å²) < 4.78 is 6.26. The van der Waals surface area contributed by atoms with E-state index in [1.807, 2.05) is 0 Å². The molecule has 30 valence electrons. The third-order valence-electron chi connectivity index (χ3n) is 0.166. The first-order valence-corrected chi connectivity index (χ1v) is 2.42. The van der Waals surface area contributed by atoms with Crippen LogP contribution in [0.4, 0.5) is 0 Å². The van der Waals surface area contributed by atoms with Crippen molar-refractivity contribution >= 4 is 11.8 Å². The van der Waals surface area contributed by atoms with Crippen molar-refractivity contribution in [3.05, 3.63) is 11.6 Å². The highest BCUT2D eigenvalue weighted by Crippen LogP contribution is 1.87. The molecule has 5 heavy (non-hydrogen) atoms. The number of rotatable bonds is 1. The first kappa shape index (κ1) is 3.09. The average Bonchev–Trinajstić information content (AvgIpc) is 1.35. The van der Waals surface area contributed by atoms with Gasteiger partial charge in [0.15, 0.2) is 0 Å². The molecule has 0 heterocycles. The Morgan fingerprint density at radius 3 is 2.80 bits per heavy atom. The van der Waals surface area contributed by atoms with Crippen molar-refractivity contribution in [2.24, 2.45) is 0 Å². The molecule has 0 fully saturated rings. The summed E-state index contributed by atoms with van der Waals surface area (Å²) in [5.41, 5.74) is 0. The van der Waals surface area contributed by atoms with Crippen molar-refractivity contribution in [3.8, 4) is 0 Å². The minimum Gasteiger partial charge on any atom is -0.878 e. The van der Waals surface area contributed by atoms with Gasteiger partial charge in [-0.05, 0) is 11.7 Å². The van der Waals surface area contributed by atoms with Crippen LogP contribution in [0.15, 0.2) is 11.6 Å². The Hall–Kier alpha value is -0.110. The second kappa shape index (κ2) is 3.89. The summed E-state index contributed by atoms with van der Waals surface area (Å²) in [5.74, 6) is 0. The van der Waals surface area contributed by atoms with Crippen molar-refractivity contribution in [2.75, 3.05) is 6.26 Å². The summed E-state index contributed by atoms with van der Waals surface area (Å²) in [6, 6.07) is 0. The second-order valence-electron chi connectivity index (χ2n) is 0.471. The van der Waals surface area contributed by atoms with E-state index in [1.54, 1.807) is 6.26 Å². The molecule has 0 N–H and O–H groups in total. The van der Waals surface area contributed by atoms with E-state index in [0.717, 1.165) is 0 Å². The number of hydrogen-bond acceptors (Lipinski definition) is 2. The van der Waals surface area contributed by atoms with E-state index in [4.69, 9.17) is 1.37 Å². The summed E-state index contributed by atoms with van der Waals surface area (Å²) in [6.07, 6.45) is 1.12. The van der Waals surface area contributed by atoms with Gasteiger partial charge in [0, 0.05) is 1.37 Å². The van der Waals surface area contributed by atoms with Gasteiger partial charge >= 0.3 is 0 Å². The Kier molecular flexibility index (Phi) is 2.41. The van der Waals surface area contributed by atoms with Gasteiger partial charge in [0.1, 0.15) is 0 Å². The van der Waals surface area contributed by atoms with Crippen LogP contribution in [0.5, 0.6) is 0 Å². The summed E-state index contributed by atoms with van der Waals surface area (Å²) in [6.45, 7) is 0. The topological polar surface area (TPSA) is 23.1 Å². The highest BCUT2D eigenvalue weighted by molar-refractivity contribution is 8.01. The van der Waals surface area contributed by atoms with Crippen LogP contribution in [0.3, 0.4) is 0 Å². The van der Waals surface area contributed by atoms with E-state index in [2.05, 4.69) is 0 Å². The lowest BCUT2D eigenvalue weighted by Gasteiger charge is -1.80. The van der Waals surface area contributed by atoms with E-state index in [9.17, 15) is 5.11 Å². The van der Waals surface area contributed by atoms with Crippen molar-refractivity contribution in [1.82, 2.24) is 0 Å². The van der Waals surface area contributed by atoms with Crippen molar-refractivity contribution in [3.63, 3.8) is 0 Å². The van der Waals surface area contributed by atoms with Gasteiger partial charge < -0.3 is 5.11 Å². The Labute approximate surface area is 37.1 Å². The smallest absolute Gasteiger partial charge is 0.0450 e. The summed E-state index contributed by atoms with van der Waals surface area (Å²) in [7, 11) is 0. The lowest BCUT2D eigenvalue weighted by atomic mass is 11.2. The van der Waals surface area contributed by atoms with Gasteiger partial charge in [-0.1, -0.05) is 0 Å². The molecule has 0 aromatic rings. The molecule has 0 bridgehead atoms. The van der Waals surface area contributed by atoms with Crippen LogP contribution in [0.2, 0.25) is 0 Å². The first-order chi connectivity index (χ1) is 2.77. The highest BCUT2D eigenvalue weighted by atomic mass is 32.2. The molecule has 1 nitrogen and oxygen atoms in total. The van der Waals surface area contributed by atoms with E-state index in [1.165, 1.54) is 17.2 Å². The van der Waals surface area contributed by atoms with Gasteiger partial charge in [-0.25, -0.2) is 0 Å². The Morgan fingerprint density at radius 2 is 2.80 bits per heavy atom. The molecule has 0 amide bonds. The molecule has 0 rings (SSSR count). The number of hydrogen-bond donors (Lipinski definition) is 0. The molecule has 0 atom stereocenters. The first-order valence-electron chi connectivity index (χ1n) is 1.64. The monoisotopic (exact) mass is 90.0 g/mol. The molecule has 0 aliphatic rings. The van der Waals surface area contributed by atoms with Crippen molar-refractivity contribution in [1.29, 1.82) is 0 Å². The fourth-order valence-electron chi connectivity index (χ4n) is 0.0481. The van der Waals surface area contributed by atoms with E-state index >= 15 is 0 Å². The predicted molar refractivity (Wildman–Crippen MR) is 22.7 cm³/mol. The van der Waals surface area contributed by atoms with Crippen LogP contribution in [0.1, 0.15) is 1.37 Å². The number of thioether (sulfide) groups is 1. The maximum atomic E-state index is 9.63. The van der Waals surface area contributed by atoms with E-state index in [-0.39, 0.29) is 0 Å². The molecule has 0 unspecified atom stereocenters. The average molecular weight is 90.1 g/mol. The van der Waals surface area contributed by atoms with Crippen molar-refractivity contribution < 1.29 is 6.48 Å². The standard InChI is InChI=1S/C3H6OS/c1-5-3-2-4/h2-4H,1H3/p-1/b3-2+/i2D. The molecule has 0 aliphatic carbocycles. The van der Waals surface area contributed by atoms with Crippen LogP contribution >= 0.6 is 11.8 Å². The van der Waals surface area contributed by atoms with Gasteiger partial charge in [0.05, 0.1) is 0 Å². The summed E-state index contributed by atoms with van der Waals surface area (Å²) >= 11 is 1.25. The molecular weight excluding hydrogens is 84.1 g/mol. The Balaban J connectivity index is 3.14. The molecule has 0 spiro atoms. The molecule has 0 aromatic heterocycles. The quantitative estimate of drug-likeness (QED) is 0.429. The van der Waals surface area contributed by atoms with Gasteiger partial charge in [0.2, 0.25) is 0 Å². The van der Waals surface area contributed by atoms with Gasteiger partial charge in [0.25, 0.3) is 0 Å². The third-order valence-corrected chi connectivity index (χ3v) is 0.498. The summed E-state index contributed by atoms with van der Waals surface area (Å²) in [5, 5.41) is 10.9. The van der Waals surface area contributed by atoms with Gasteiger partial charge in [-0.15, -0.1) is 18.0 Å². The molecule has 0 saturated carbocycles.